The van der Waals surface area contributed by atoms with Crippen molar-refractivity contribution >= 4 is 22.3 Å². The van der Waals surface area contributed by atoms with E-state index in [0.29, 0.717) is 19.4 Å². The minimum absolute atomic E-state index is 0.155. The molecule has 3 aromatic carbocycles. The standard InChI is InChI=1S/C32H35F5O2S/c1-2-29(25-13-6-3-7-14-25)30(26-15-8-4-9-16-26)27-17-19-28(20-18-27)39-22-10-5-11-23-40(38)24-12-21-31(33,34)32(35,36)37/h3-4,6-9,13-20H,2,5,10-12,21-24H2,1H3. The van der Waals surface area contributed by atoms with Gasteiger partial charge >= 0.3 is 12.1 Å². The maximum Gasteiger partial charge on any atom is 0.453 e. The van der Waals surface area contributed by atoms with Gasteiger partial charge in [0.2, 0.25) is 0 Å². The van der Waals surface area contributed by atoms with Crippen LogP contribution in [-0.2, 0) is 11.2 Å². The molecular weight excluding hydrogens is 543 g/mol. The third-order valence-electron chi connectivity index (χ3n) is 6.55. The average molecular weight is 579 g/mol. The molecule has 0 bridgehead atoms. The van der Waals surface area contributed by atoms with Gasteiger partial charge in [-0.05, 0) is 72.1 Å². The first-order valence-corrected chi connectivity index (χ1v) is 15.0. The van der Waals surface area contributed by atoms with Crippen LogP contribution in [0.2, 0.25) is 0 Å². The molecule has 40 heavy (non-hydrogen) atoms. The van der Waals surface area contributed by atoms with Gasteiger partial charge in [-0.3, -0.25) is 0 Å². The third kappa shape index (κ3) is 9.37. The number of hydrogen-bond acceptors (Lipinski definition) is 2. The lowest BCUT2D eigenvalue weighted by atomic mass is 9.88. The Morgan fingerprint density at radius 2 is 1.25 bits per heavy atom. The van der Waals surface area contributed by atoms with E-state index in [0.717, 1.165) is 29.7 Å². The summed E-state index contributed by atoms with van der Waals surface area (Å²) in [6.07, 6.45) is -4.41. The van der Waals surface area contributed by atoms with Crippen molar-refractivity contribution in [1.29, 1.82) is 0 Å². The molecule has 0 fully saturated rings. The summed E-state index contributed by atoms with van der Waals surface area (Å²) in [7, 11) is 0. The van der Waals surface area contributed by atoms with Gasteiger partial charge in [0.05, 0.1) is 6.61 Å². The summed E-state index contributed by atoms with van der Waals surface area (Å²) in [6.45, 7) is 2.63. The van der Waals surface area contributed by atoms with Gasteiger partial charge in [0.15, 0.2) is 0 Å². The van der Waals surface area contributed by atoms with Gasteiger partial charge in [0, 0.05) is 6.42 Å². The minimum atomic E-state index is -5.56. The number of unbranched alkanes of at least 4 members (excludes halogenated alkanes) is 2. The molecule has 0 N–H and O–H groups in total. The zero-order valence-electron chi connectivity index (χ0n) is 22.6. The second-order valence-corrected chi connectivity index (χ2v) is 11.2. The van der Waals surface area contributed by atoms with E-state index in [2.05, 4.69) is 43.3 Å². The lowest BCUT2D eigenvalue weighted by molar-refractivity contribution is -0.284. The molecule has 1 unspecified atom stereocenters. The lowest BCUT2D eigenvalue weighted by Crippen LogP contribution is -2.36. The van der Waals surface area contributed by atoms with Crippen molar-refractivity contribution in [2.24, 2.45) is 0 Å². The van der Waals surface area contributed by atoms with Crippen molar-refractivity contribution in [2.45, 2.75) is 57.5 Å². The maximum atomic E-state index is 12.9. The Hall–Kier alpha value is -2.84. The fraction of sp³-hybridized carbons (Fsp3) is 0.375. The molecule has 0 amide bonds. The summed E-state index contributed by atoms with van der Waals surface area (Å²) in [4.78, 5) is 0. The predicted octanol–water partition coefficient (Wildman–Crippen LogP) is 9.33. The molecule has 0 heterocycles. The van der Waals surface area contributed by atoms with E-state index in [1.807, 2.05) is 48.5 Å². The summed E-state index contributed by atoms with van der Waals surface area (Å²) < 4.78 is 80.3. The van der Waals surface area contributed by atoms with Gasteiger partial charge < -0.3 is 9.29 Å². The largest absolute Gasteiger partial charge is 0.616 e. The van der Waals surface area contributed by atoms with Crippen LogP contribution in [0.5, 0.6) is 5.75 Å². The zero-order valence-corrected chi connectivity index (χ0v) is 23.4. The highest BCUT2D eigenvalue weighted by atomic mass is 32.2. The average Bonchev–Trinajstić information content (AvgIpc) is 2.94. The molecule has 3 aromatic rings. The fourth-order valence-electron chi connectivity index (χ4n) is 4.43. The molecule has 1 atom stereocenters. The highest BCUT2D eigenvalue weighted by molar-refractivity contribution is 7.91. The first-order valence-electron chi connectivity index (χ1n) is 13.5. The zero-order chi connectivity index (χ0) is 29.0. The second kappa shape index (κ2) is 15.2. The first kappa shape index (κ1) is 31.7. The summed E-state index contributed by atoms with van der Waals surface area (Å²) in [5, 5.41) is 0. The molecule has 0 saturated carbocycles. The summed E-state index contributed by atoms with van der Waals surface area (Å²) in [5.74, 6) is -3.87. The second-order valence-electron chi connectivity index (χ2n) is 9.53. The monoisotopic (exact) mass is 578 g/mol. The Morgan fingerprint density at radius 1 is 0.700 bits per heavy atom. The molecule has 216 valence electrons. The molecule has 0 saturated heterocycles. The van der Waals surface area contributed by atoms with Gasteiger partial charge in [-0.15, -0.1) is 0 Å². The Kier molecular flexibility index (Phi) is 12.1. The lowest BCUT2D eigenvalue weighted by Gasteiger charge is -2.19. The van der Waals surface area contributed by atoms with Crippen LogP contribution in [0.15, 0.2) is 84.9 Å². The van der Waals surface area contributed by atoms with Crippen molar-refractivity contribution in [3.8, 4) is 5.75 Å². The van der Waals surface area contributed by atoms with Crippen LogP contribution in [0, 0.1) is 0 Å². The summed E-state index contributed by atoms with van der Waals surface area (Å²) in [5.41, 5.74) is 5.85. The predicted molar refractivity (Wildman–Crippen MR) is 153 cm³/mol. The van der Waals surface area contributed by atoms with Gasteiger partial charge in [0.1, 0.15) is 17.3 Å². The molecule has 8 heteroatoms. The van der Waals surface area contributed by atoms with Crippen molar-refractivity contribution in [1.82, 2.24) is 0 Å². The number of rotatable bonds is 15. The van der Waals surface area contributed by atoms with Crippen LogP contribution in [0.1, 0.15) is 62.1 Å². The topological polar surface area (TPSA) is 32.3 Å². The van der Waals surface area contributed by atoms with E-state index >= 15 is 0 Å². The van der Waals surface area contributed by atoms with Crippen molar-refractivity contribution in [3.63, 3.8) is 0 Å². The van der Waals surface area contributed by atoms with E-state index < -0.39 is 36.1 Å². The van der Waals surface area contributed by atoms with Gasteiger partial charge in [-0.1, -0.05) is 90.9 Å². The van der Waals surface area contributed by atoms with Crippen LogP contribution >= 0.6 is 0 Å². The fourth-order valence-corrected chi connectivity index (χ4v) is 5.63. The van der Waals surface area contributed by atoms with Crippen molar-refractivity contribution < 1.29 is 31.2 Å². The smallest absolute Gasteiger partial charge is 0.453 e. The molecule has 2 nitrogen and oxygen atoms in total. The Morgan fingerprint density at radius 3 is 1.82 bits per heavy atom. The van der Waals surface area contributed by atoms with Crippen molar-refractivity contribution in [2.75, 3.05) is 18.1 Å². The van der Waals surface area contributed by atoms with Gasteiger partial charge in [0.25, 0.3) is 0 Å². The molecule has 0 spiro atoms. The van der Waals surface area contributed by atoms with Gasteiger partial charge in [-0.25, -0.2) is 0 Å². The SMILES string of the molecule is CCC(=C(c1ccccc1)c1ccc(OCCCCC[S+]([O-])CCCC(F)(F)C(F)(F)F)cc1)c1ccccc1. The van der Waals surface area contributed by atoms with Gasteiger partial charge in [-0.2, -0.15) is 22.0 Å². The number of hydrogen-bond donors (Lipinski definition) is 0. The van der Waals surface area contributed by atoms with Crippen LogP contribution in [0.25, 0.3) is 11.1 Å². The number of halogens is 5. The number of benzene rings is 3. The Balaban J connectivity index is 1.49. The Labute approximate surface area is 236 Å². The summed E-state index contributed by atoms with van der Waals surface area (Å²) >= 11 is -1.41. The molecule has 0 aliphatic heterocycles. The van der Waals surface area contributed by atoms with E-state index in [1.54, 1.807) is 0 Å². The quantitative estimate of drug-likeness (QED) is 0.0779. The molecule has 0 aliphatic carbocycles. The van der Waals surface area contributed by atoms with Crippen molar-refractivity contribution in [3.05, 3.63) is 102 Å². The highest BCUT2D eigenvalue weighted by Gasteiger charge is 2.56. The molecule has 0 aliphatic rings. The van der Waals surface area contributed by atoms with E-state index in [-0.39, 0.29) is 11.5 Å². The molecular formula is C32H35F5O2S. The molecule has 0 radical (unpaired) electrons. The number of ether oxygens (including phenoxy) is 1. The normalized spacial score (nSPS) is 13.6. The minimum Gasteiger partial charge on any atom is -0.616 e. The highest BCUT2D eigenvalue weighted by Crippen LogP contribution is 2.39. The van der Waals surface area contributed by atoms with Crippen LogP contribution < -0.4 is 4.74 Å². The van der Waals surface area contributed by atoms with E-state index in [9.17, 15) is 26.5 Å². The van der Waals surface area contributed by atoms with Crippen LogP contribution in [0.3, 0.4) is 0 Å². The molecule has 0 aromatic heterocycles. The first-order chi connectivity index (χ1) is 19.1. The van der Waals surface area contributed by atoms with E-state index in [1.165, 1.54) is 16.7 Å². The number of allylic oxidation sites excluding steroid dienone is 1. The van der Waals surface area contributed by atoms with Crippen LogP contribution in [0.4, 0.5) is 22.0 Å². The third-order valence-corrected chi connectivity index (χ3v) is 8.03. The Bertz CT molecular complexity index is 1180. The maximum absolute atomic E-state index is 12.9. The number of alkyl halides is 5. The van der Waals surface area contributed by atoms with E-state index in [4.69, 9.17) is 4.74 Å². The summed E-state index contributed by atoms with van der Waals surface area (Å²) in [6, 6.07) is 28.7. The van der Waals surface area contributed by atoms with Crippen LogP contribution in [-0.4, -0.2) is 34.8 Å². The molecule has 3 rings (SSSR count).